The van der Waals surface area contributed by atoms with Gasteiger partial charge in [0.05, 0.1) is 0 Å². The second-order valence-electron chi connectivity index (χ2n) is 8.08. The SMILES string of the molecule is CC1(Cc2ccc(S(F)(F)(F)(F)F)cc2O)CN(C(=O)OC(C)(C)C)C1. The summed E-state index contributed by atoms with van der Waals surface area (Å²) in [4.78, 5) is 11.2. The van der Waals surface area contributed by atoms with E-state index >= 15 is 0 Å². The quantitative estimate of drug-likeness (QED) is 0.644. The van der Waals surface area contributed by atoms with Crippen molar-refractivity contribution in [3.05, 3.63) is 23.8 Å². The maximum atomic E-state index is 12.8. The first-order valence-electron chi connectivity index (χ1n) is 7.82. The molecule has 0 bridgehead atoms. The van der Waals surface area contributed by atoms with Crippen molar-refractivity contribution in [2.75, 3.05) is 13.1 Å². The van der Waals surface area contributed by atoms with Crippen molar-refractivity contribution in [2.45, 2.75) is 44.6 Å². The van der Waals surface area contributed by atoms with Crippen LogP contribution in [0.15, 0.2) is 23.1 Å². The maximum absolute atomic E-state index is 12.8. The first-order valence-corrected chi connectivity index (χ1v) is 9.77. The Morgan fingerprint density at radius 2 is 1.77 bits per heavy atom. The van der Waals surface area contributed by atoms with E-state index in [2.05, 4.69) is 0 Å². The van der Waals surface area contributed by atoms with Gasteiger partial charge in [0.2, 0.25) is 0 Å². The number of carbonyl (C=O) groups excluding carboxylic acids is 1. The van der Waals surface area contributed by atoms with Gasteiger partial charge in [0.1, 0.15) is 16.2 Å². The number of hydrogen-bond donors (Lipinski definition) is 1. The zero-order valence-corrected chi connectivity index (χ0v) is 15.7. The van der Waals surface area contributed by atoms with E-state index in [4.69, 9.17) is 4.74 Å². The number of halogens is 5. The van der Waals surface area contributed by atoms with Crippen LogP contribution in [0.3, 0.4) is 0 Å². The first kappa shape index (κ1) is 20.6. The topological polar surface area (TPSA) is 49.8 Å². The minimum atomic E-state index is -9.83. The second kappa shape index (κ2) is 5.17. The van der Waals surface area contributed by atoms with Crippen molar-refractivity contribution in [1.29, 1.82) is 0 Å². The summed E-state index contributed by atoms with van der Waals surface area (Å²) in [5, 5.41) is 9.77. The standard InChI is InChI=1S/C16H22F5NO3S/c1-15(2,3)25-14(24)22-9-16(4,10-22)8-11-5-6-12(7-13(11)23)26(17,18,19,20)21/h5-7,23H,8-10H2,1-4H3. The number of phenols is 1. The van der Waals surface area contributed by atoms with Gasteiger partial charge in [-0.05, 0) is 38.8 Å². The lowest BCUT2D eigenvalue weighted by atomic mass is 9.77. The highest BCUT2D eigenvalue weighted by Gasteiger charge is 2.65. The van der Waals surface area contributed by atoms with Crippen LogP contribution in [0.1, 0.15) is 33.3 Å². The van der Waals surface area contributed by atoms with Crippen LogP contribution in [0, 0.1) is 5.41 Å². The molecule has 1 N–H and O–H groups in total. The Labute approximate surface area is 148 Å². The van der Waals surface area contributed by atoms with Gasteiger partial charge in [-0.25, -0.2) is 4.79 Å². The molecule has 1 heterocycles. The molecule has 150 valence electrons. The smallest absolute Gasteiger partial charge is 0.410 e. The van der Waals surface area contributed by atoms with Gasteiger partial charge >= 0.3 is 16.3 Å². The third-order valence-corrected chi connectivity index (χ3v) is 5.06. The number of benzene rings is 1. The highest BCUT2D eigenvalue weighted by atomic mass is 32.5. The third kappa shape index (κ3) is 4.93. The molecule has 0 unspecified atom stereocenters. The van der Waals surface area contributed by atoms with E-state index in [1.807, 2.05) is 0 Å². The van der Waals surface area contributed by atoms with Crippen LogP contribution in [0.25, 0.3) is 0 Å². The number of amides is 1. The monoisotopic (exact) mass is 403 g/mol. The van der Waals surface area contributed by atoms with Gasteiger partial charge in [-0.15, -0.1) is 0 Å². The normalized spacial score (nSPS) is 20.0. The van der Waals surface area contributed by atoms with Gasteiger partial charge in [0.15, 0.2) is 0 Å². The van der Waals surface area contributed by atoms with Crippen LogP contribution < -0.4 is 0 Å². The molecular weight excluding hydrogens is 381 g/mol. The molecule has 1 amide bonds. The summed E-state index contributed by atoms with van der Waals surface area (Å²) in [6.07, 6.45) is -0.367. The minimum absolute atomic E-state index is 0.0601. The van der Waals surface area contributed by atoms with Crippen molar-refractivity contribution < 1.29 is 34.1 Å². The van der Waals surface area contributed by atoms with Crippen molar-refractivity contribution in [3.8, 4) is 5.75 Å². The number of phenolic OH excluding ortho intramolecular Hbond substituents is 1. The molecule has 1 fully saturated rings. The average Bonchev–Trinajstić information content (AvgIpc) is 2.33. The molecule has 1 aliphatic rings. The fraction of sp³-hybridized carbons (Fsp3) is 0.562. The second-order valence-corrected chi connectivity index (χ2v) is 10.5. The number of rotatable bonds is 3. The predicted octanol–water partition coefficient (Wildman–Crippen LogP) is 5.85. The molecule has 4 nitrogen and oxygen atoms in total. The number of likely N-dealkylation sites (tertiary alicyclic amines) is 1. The van der Waals surface area contributed by atoms with Crippen LogP contribution in [-0.4, -0.2) is 34.8 Å². The Kier molecular flexibility index (Phi) is 4.10. The van der Waals surface area contributed by atoms with Crippen molar-refractivity contribution in [3.63, 3.8) is 0 Å². The molecule has 10 heteroatoms. The molecular formula is C16H22F5NO3S. The number of hydrogen-bond acceptors (Lipinski definition) is 3. The number of carbonyl (C=O) groups is 1. The number of ether oxygens (including phenoxy) is 1. The molecule has 0 aromatic heterocycles. The van der Waals surface area contributed by atoms with Gasteiger partial charge in [0, 0.05) is 24.6 Å². The lowest BCUT2D eigenvalue weighted by molar-refractivity contribution is -0.0277. The molecule has 0 radical (unpaired) electrons. The summed E-state index contributed by atoms with van der Waals surface area (Å²) in [7, 11) is -9.83. The highest BCUT2D eigenvalue weighted by Crippen LogP contribution is 3.02. The van der Waals surface area contributed by atoms with E-state index in [1.54, 1.807) is 27.7 Å². The molecule has 1 aromatic carbocycles. The van der Waals surface area contributed by atoms with E-state index in [9.17, 15) is 29.3 Å². The number of aromatic hydroxyl groups is 1. The van der Waals surface area contributed by atoms with Crippen LogP contribution in [-0.2, 0) is 11.2 Å². The van der Waals surface area contributed by atoms with Gasteiger partial charge < -0.3 is 14.7 Å². The summed E-state index contributed by atoms with van der Waals surface area (Å²) in [5.41, 5.74) is -1.03. The number of nitrogens with zero attached hydrogens (tertiary/aromatic N) is 1. The Morgan fingerprint density at radius 1 is 1.23 bits per heavy atom. The Morgan fingerprint density at radius 3 is 2.19 bits per heavy atom. The summed E-state index contributed by atoms with van der Waals surface area (Å²) >= 11 is 0. The highest BCUT2D eigenvalue weighted by molar-refractivity contribution is 8.45. The molecule has 26 heavy (non-hydrogen) atoms. The Bertz CT molecular complexity index is 737. The third-order valence-electron chi connectivity index (χ3n) is 3.92. The largest absolute Gasteiger partial charge is 0.508 e. The van der Waals surface area contributed by atoms with Crippen LogP contribution in [0.4, 0.5) is 24.2 Å². The van der Waals surface area contributed by atoms with Crippen molar-refractivity contribution in [2.24, 2.45) is 5.41 Å². The van der Waals surface area contributed by atoms with Gasteiger partial charge in [-0.1, -0.05) is 32.4 Å². The van der Waals surface area contributed by atoms with E-state index in [-0.39, 0.29) is 37.2 Å². The predicted molar refractivity (Wildman–Crippen MR) is 89.1 cm³/mol. The Balaban J connectivity index is 2.08. The summed E-state index contributed by atoms with van der Waals surface area (Å²) < 4.78 is 69.1. The fourth-order valence-corrected chi connectivity index (χ4v) is 3.50. The first-order chi connectivity index (χ1) is 11.3. The molecule has 0 spiro atoms. The van der Waals surface area contributed by atoms with E-state index in [1.165, 1.54) is 4.90 Å². The summed E-state index contributed by atoms with van der Waals surface area (Å²) in [5.74, 6) is -0.840. The fourth-order valence-electron chi connectivity index (χ4n) is 2.84. The van der Waals surface area contributed by atoms with Crippen molar-refractivity contribution >= 4 is 16.3 Å². The summed E-state index contributed by atoms with van der Waals surface area (Å²) in [6, 6.07) is 1.19. The molecule has 0 saturated carbocycles. The van der Waals surface area contributed by atoms with Gasteiger partial charge in [0.25, 0.3) is 0 Å². The molecule has 2 rings (SSSR count). The molecule has 0 aliphatic carbocycles. The maximum Gasteiger partial charge on any atom is 0.410 e. The lowest BCUT2D eigenvalue weighted by Gasteiger charge is -2.48. The van der Waals surface area contributed by atoms with Crippen LogP contribution in [0.2, 0.25) is 0 Å². The van der Waals surface area contributed by atoms with Crippen molar-refractivity contribution in [1.82, 2.24) is 4.90 Å². The van der Waals surface area contributed by atoms with E-state index in [0.717, 1.165) is 6.07 Å². The van der Waals surface area contributed by atoms with Crippen LogP contribution >= 0.6 is 10.2 Å². The molecule has 1 saturated heterocycles. The molecule has 1 aliphatic heterocycles. The van der Waals surface area contributed by atoms with Crippen LogP contribution in [0.5, 0.6) is 5.75 Å². The van der Waals surface area contributed by atoms with Gasteiger partial charge in [-0.3, -0.25) is 0 Å². The van der Waals surface area contributed by atoms with E-state index in [0.29, 0.717) is 0 Å². The average molecular weight is 403 g/mol. The Hall–Kier alpha value is -1.71. The zero-order chi connectivity index (χ0) is 20.2. The molecule has 0 atom stereocenters. The zero-order valence-electron chi connectivity index (χ0n) is 14.9. The van der Waals surface area contributed by atoms with Gasteiger partial charge in [-0.2, -0.15) is 0 Å². The van der Waals surface area contributed by atoms with E-state index < -0.39 is 38.0 Å². The molecule has 1 aromatic rings. The summed E-state index contributed by atoms with van der Waals surface area (Å²) in [6.45, 7) is 7.52. The lowest BCUT2D eigenvalue weighted by Crippen LogP contribution is -2.58. The minimum Gasteiger partial charge on any atom is -0.508 e.